The zero-order valence-corrected chi connectivity index (χ0v) is 12.1. The van der Waals surface area contributed by atoms with Crippen molar-refractivity contribution in [1.29, 1.82) is 0 Å². The first-order chi connectivity index (χ1) is 8.95. The molecule has 108 valence electrons. The SMILES string of the molecule is CCN(CCCCl)c1ccccc1S(=O)(=O)C(F)F. The van der Waals surface area contributed by atoms with Crippen LogP contribution < -0.4 is 4.90 Å². The van der Waals surface area contributed by atoms with E-state index in [1.165, 1.54) is 18.2 Å². The van der Waals surface area contributed by atoms with Crippen molar-refractivity contribution in [3.63, 3.8) is 0 Å². The maximum absolute atomic E-state index is 12.7. The zero-order valence-electron chi connectivity index (χ0n) is 10.5. The van der Waals surface area contributed by atoms with Gasteiger partial charge < -0.3 is 4.90 Å². The maximum Gasteiger partial charge on any atom is 0.341 e. The smallest absolute Gasteiger partial charge is 0.341 e. The molecule has 0 spiro atoms. The first kappa shape index (κ1) is 16.2. The van der Waals surface area contributed by atoms with E-state index in [1.54, 1.807) is 11.0 Å². The summed E-state index contributed by atoms with van der Waals surface area (Å²) >= 11 is 5.61. The van der Waals surface area contributed by atoms with E-state index in [2.05, 4.69) is 0 Å². The molecule has 0 amide bonds. The summed E-state index contributed by atoms with van der Waals surface area (Å²) in [7, 11) is -4.60. The summed E-state index contributed by atoms with van der Waals surface area (Å²) in [5, 5.41) is 0. The lowest BCUT2D eigenvalue weighted by molar-refractivity contribution is 0.235. The molecule has 0 fully saturated rings. The molecule has 0 N–H and O–H groups in total. The fourth-order valence-electron chi connectivity index (χ4n) is 1.75. The predicted molar refractivity (Wildman–Crippen MR) is 72.9 cm³/mol. The molecule has 3 nitrogen and oxygen atoms in total. The van der Waals surface area contributed by atoms with Crippen LogP contribution in [0.25, 0.3) is 0 Å². The Morgan fingerprint density at radius 3 is 2.47 bits per heavy atom. The van der Waals surface area contributed by atoms with Crippen molar-refractivity contribution < 1.29 is 17.2 Å². The zero-order chi connectivity index (χ0) is 14.5. The minimum Gasteiger partial charge on any atom is -0.371 e. The molecule has 19 heavy (non-hydrogen) atoms. The van der Waals surface area contributed by atoms with Crippen molar-refractivity contribution in [1.82, 2.24) is 0 Å². The third-order valence-electron chi connectivity index (χ3n) is 2.69. The molecule has 0 bridgehead atoms. The van der Waals surface area contributed by atoms with Crippen LogP contribution in [-0.2, 0) is 9.84 Å². The topological polar surface area (TPSA) is 37.4 Å². The summed E-state index contributed by atoms with van der Waals surface area (Å²) in [6, 6.07) is 5.81. The first-order valence-electron chi connectivity index (χ1n) is 5.87. The highest BCUT2D eigenvalue weighted by Crippen LogP contribution is 2.29. The van der Waals surface area contributed by atoms with Gasteiger partial charge in [0.05, 0.1) is 10.6 Å². The number of hydrogen-bond donors (Lipinski definition) is 0. The van der Waals surface area contributed by atoms with Gasteiger partial charge >= 0.3 is 5.76 Å². The van der Waals surface area contributed by atoms with Crippen LogP contribution in [0.1, 0.15) is 13.3 Å². The second-order valence-corrected chi connectivity index (χ2v) is 6.16. The van der Waals surface area contributed by atoms with E-state index >= 15 is 0 Å². The predicted octanol–water partition coefficient (Wildman–Crippen LogP) is 3.14. The molecule has 1 aromatic carbocycles. The average molecular weight is 312 g/mol. The number of sulfone groups is 1. The third kappa shape index (κ3) is 3.79. The summed E-state index contributed by atoms with van der Waals surface area (Å²) in [6.07, 6.45) is 0.651. The van der Waals surface area contributed by atoms with Crippen LogP contribution in [0.15, 0.2) is 29.2 Å². The molecule has 0 unspecified atom stereocenters. The lowest BCUT2D eigenvalue weighted by Gasteiger charge is -2.25. The maximum atomic E-state index is 12.7. The van der Waals surface area contributed by atoms with Crippen molar-refractivity contribution in [3.05, 3.63) is 24.3 Å². The van der Waals surface area contributed by atoms with Crippen LogP contribution in [0.2, 0.25) is 0 Å². The number of benzene rings is 1. The molecule has 7 heteroatoms. The molecular weight excluding hydrogens is 296 g/mol. The Labute approximate surface area is 117 Å². The molecule has 0 saturated carbocycles. The Kier molecular flexibility index (Phi) is 6.00. The Bertz CT molecular complexity index is 508. The largest absolute Gasteiger partial charge is 0.371 e. The molecule has 1 rings (SSSR count). The molecule has 0 atom stereocenters. The van der Waals surface area contributed by atoms with Gasteiger partial charge in [-0.25, -0.2) is 8.42 Å². The lowest BCUT2D eigenvalue weighted by Crippen LogP contribution is -2.27. The number of anilines is 1. The average Bonchev–Trinajstić information content (AvgIpc) is 2.40. The lowest BCUT2D eigenvalue weighted by atomic mass is 10.2. The van der Waals surface area contributed by atoms with Crippen LogP contribution in [0.3, 0.4) is 0 Å². The molecule has 0 saturated heterocycles. The van der Waals surface area contributed by atoms with E-state index in [0.29, 0.717) is 31.1 Å². The van der Waals surface area contributed by atoms with Gasteiger partial charge in [-0.3, -0.25) is 0 Å². The fraction of sp³-hybridized carbons (Fsp3) is 0.500. The highest BCUT2D eigenvalue weighted by Gasteiger charge is 2.30. The second-order valence-electron chi connectivity index (χ2n) is 3.90. The Hall–Kier alpha value is -0.880. The number of nitrogens with zero attached hydrogens (tertiary/aromatic N) is 1. The van der Waals surface area contributed by atoms with Crippen molar-refractivity contribution in [2.45, 2.75) is 24.0 Å². The van der Waals surface area contributed by atoms with E-state index in [1.807, 2.05) is 6.92 Å². The summed E-state index contributed by atoms with van der Waals surface area (Å²) < 4.78 is 48.6. The quantitative estimate of drug-likeness (QED) is 0.726. The molecule has 1 aromatic rings. The van der Waals surface area contributed by atoms with Crippen LogP contribution in [-0.4, -0.2) is 33.1 Å². The molecule has 0 aliphatic rings. The Morgan fingerprint density at radius 2 is 1.95 bits per heavy atom. The number of para-hydroxylation sites is 1. The third-order valence-corrected chi connectivity index (χ3v) is 4.39. The molecule has 0 radical (unpaired) electrons. The van der Waals surface area contributed by atoms with Crippen LogP contribution in [0.4, 0.5) is 14.5 Å². The van der Waals surface area contributed by atoms with E-state index in [9.17, 15) is 17.2 Å². The minimum absolute atomic E-state index is 0.301. The highest BCUT2D eigenvalue weighted by molar-refractivity contribution is 7.91. The van der Waals surface area contributed by atoms with Crippen LogP contribution >= 0.6 is 11.6 Å². The Balaban J connectivity index is 3.21. The van der Waals surface area contributed by atoms with E-state index in [4.69, 9.17) is 11.6 Å². The highest BCUT2D eigenvalue weighted by atomic mass is 35.5. The van der Waals surface area contributed by atoms with Gasteiger partial charge in [0.2, 0.25) is 9.84 Å². The van der Waals surface area contributed by atoms with Crippen molar-refractivity contribution in [2.75, 3.05) is 23.9 Å². The summed E-state index contributed by atoms with van der Waals surface area (Å²) in [6.45, 7) is 2.88. The minimum atomic E-state index is -4.60. The van der Waals surface area contributed by atoms with Crippen LogP contribution in [0.5, 0.6) is 0 Å². The molecule has 0 aliphatic carbocycles. The number of alkyl halides is 3. The standard InChI is InChI=1S/C12H16ClF2NO2S/c1-2-16(9-5-8-13)10-6-3-4-7-11(10)19(17,18)12(14)15/h3-4,6-7,12H,2,5,8-9H2,1H3. The van der Waals surface area contributed by atoms with E-state index in [-0.39, 0.29) is 4.90 Å². The van der Waals surface area contributed by atoms with Gasteiger partial charge in [0.1, 0.15) is 0 Å². The summed E-state index contributed by atoms with van der Waals surface area (Å²) in [5.74, 6) is -2.99. The first-order valence-corrected chi connectivity index (χ1v) is 7.95. The molecule has 0 aromatic heterocycles. The fourth-order valence-corrected chi connectivity index (χ4v) is 2.82. The van der Waals surface area contributed by atoms with Gasteiger partial charge in [-0.1, -0.05) is 12.1 Å². The molecule has 0 aliphatic heterocycles. The monoisotopic (exact) mass is 311 g/mol. The van der Waals surface area contributed by atoms with E-state index in [0.717, 1.165) is 0 Å². The molecule has 0 heterocycles. The van der Waals surface area contributed by atoms with Gasteiger partial charge in [0.15, 0.2) is 0 Å². The van der Waals surface area contributed by atoms with Crippen molar-refractivity contribution >= 4 is 27.1 Å². The van der Waals surface area contributed by atoms with Gasteiger partial charge in [0.25, 0.3) is 0 Å². The van der Waals surface area contributed by atoms with Crippen molar-refractivity contribution in [3.8, 4) is 0 Å². The van der Waals surface area contributed by atoms with Gasteiger partial charge in [-0.15, -0.1) is 11.6 Å². The van der Waals surface area contributed by atoms with E-state index < -0.39 is 15.6 Å². The summed E-state index contributed by atoms with van der Waals surface area (Å²) in [4.78, 5) is 1.40. The Morgan fingerprint density at radius 1 is 1.32 bits per heavy atom. The van der Waals surface area contributed by atoms with Crippen LogP contribution in [0, 0.1) is 0 Å². The second kappa shape index (κ2) is 7.05. The number of halogens is 3. The van der Waals surface area contributed by atoms with Gasteiger partial charge in [-0.2, -0.15) is 8.78 Å². The normalized spacial score (nSPS) is 11.8. The van der Waals surface area contributed by atoms with Crippen molar-refractivity contribution in [2.24, 2.45) is 0 Å². The molecular formula is C12H16ClF2NO2S. The summed E-state index contributed by atoms with van der Waals surface area (Å²) in [5.41, 5.74) is 0.301. The number of rotatable bonds is 7. The van der Waals surface area contributed by atoms with Gasteiger partial charge in [-0.05, 0) is 25.5 Å². The van der Waals surface area contributed by atoms with Gasteiger partial charge in [0, 0.05) is 19.0 Å². The number of hydrogen-bond acceptors (Lipinski definition) is 3.